The van der Waals surface area contributed by atoms with Gasteiger partial charge in [0.2, 0.25) is 0 Å². The first-order valence-electron chi connectivity index (χ1n) is 20.5. The average Bonchev–Trinajstić information content (AvgIpc) is 4.10. The van der Waals surface area contributed by atoms with E-state index in [1.54, 1.807) is 52.3 Å². The van der Waals surface area contributed by atoms with E-state index < -0.39 is 0 Å². The molecule has 10 heteroatoms. The second-order valence-corrected chi connectivity index (χ2v) is 12.9. The fraction of sp³-hybridized carbons (Fsp3) is 0.471. The van der Waals surface area contributed by atoms with Crippen molar-refractivity contribution in [2.45, 2.75) is 126 Å². The molecule has 0 heterocycles. The van der Waals surface area contributed by atoms with Gasteiger partial charge < -0.3 is 19.0 Å². The van der Waals surface area contributed by atoms with Crippen molar-refractivity contribution >= 4 is 18.9 Å². The Balaban J connectivity index is -0.000000109. The number of methoxy groups -OCH3 is 3. The Hall–Kier alpha value is 0.649. The number of hydrogen-bond acceptors (Lipinski definition) is 6. The number of ether oxygens (including phenoxy) is 3. The second kappa shape index (κ2) is 58.7. The van der Waals surface area contributed by atoms with Gasteiger partial charge in [0.15, 0.2) is 0 Å². The van der Waals surface area contributed by atoms with E-state index in [1.807, 2.05) is 30.4 Å². The van der Waals surface area contributed by atoms with Gasteiger partial charge in [-0.3, -0.25) is 9.59 Å². The molecule has 6 nitrogen and oxygen atoms in total. The zero-order chi connectivity index (χ0) is 43.5. The third kappa shape index (κ3) is 43.0. The van der Waals surface area contributed by atoms with Crippen LogP contribution in [0.3, 0.4) is 0 Å². The van der Waals surface area contributed by atoms with Gasteiger partial charge in [0, 0.05) is 191 Å². The van der Waals surface area contributed by atoms with Gasteiger partial charge >= 0.3 is 0 Å². The molecular formula is C51H78Ar4O6. The molecule has 0 atom stereocenters. The maximum atomic E-state index is 10.3. The summed E-state index contributed by atoms with van der Waals surface area (Å²) < 4.78 is 13.6. The van der Waals surface area contributed by atoms with E-state index in [0.717, 1.165) is 74.3 Å². The number of carbonyl (C=O) groups is 3. The van der Waals surface area contributed by atoms with E-state index in [0.29, 0.717) is 0 Å². The molecule has 61 heavy (non-hydrogen) atoms. The van der Waals surface area contributed by atoms with E-state index >= 15 is 0 Å². The molecule has 6 rings (SSSR count). The normalized spacial score (nSPS) is 14.4. The molecule has 0 radical (unpaired) electrons. The van der Waals surface area contributed by atoms with Gasteiger partial charge in [0.25, 0.3) is 0 Å². The third-order valence-corrected chi connectivity index (χ3v) is 8.78. The Labute approximate surface area is 493 Å². The van der Waals surface area contributed by atoms with Crippen molar-refractivity contribution in [3.63, 3.8) is 0 Å². The Bertz CT molecular complexity index is 1370. The molecular weight excluding hydrogens is 868 g/mol. The second-order valence-electron chi connectivity index (χ2n) is 12.9. The monoisotopic (exact) mass is 946 g/mol. The van der Waals surface area contributed by atoms with Crippen LogP contribution in [-0.4, -0.2) is 54.4 Å². The van der Waals surface area contributed by atoms with Crippen LogP contribution in [0.15, 0.2) is 141 Å². The molecule has 0 amide bonds. The molecule has 0 saturated carbocycles. The largest absolute Gasteiger partial charge is 0.497 e. The van der Waals surface area contributed by atoms with Crippen LogP contribution in [0, 0.1) is 151 Å². The Kier molecular flexibility index (Phi) is 73.0. The predicted molar refractivity (Wildman–Crippen MR) is 246 cm³/mol. The first-order valence-corrected chi connectivity index (χ1v) is 20.5. The van der Waals surface area contributed by atoms with Gasteiger partial charge in [-0.15, -0.1) is 0 Å². The van der Waals surface area contributed by atoms with E-state index in [2.05, 4.69) is 112 Å². The molecule has 0 N–H and O–H groups in total. The van der Waals surface area contributed by atoms with Crippen LogP contribution in [0.1, 0.15) is 126 Å². The van der Waals surface area contributed by atoms with Gasteiger partial charge in [-0.2, -0.15) is 0 Å². The maximum Gasteiger partial charge on any atom is 0.150 e. The van der Waals surface area contributed by atoms with Crippen molar-refractivity contribution in [2.75, 3.05) is 35.5 Å². The summed E-state index contributed by atoms with van der Waals surface area (Å²) in [4.78, 5) is 29.3. The third-order valence-electron chi connectivity index (χ3n) is 8.78. The fourth-order valence-corrected chi connectivity index (χ4v) is 5.39. The molecule has 0 fully saturated rings. The van der Waals surface area contributed by atoms with Crippen LogP contribution in [0.25, 0.3) is 0 Å². The minimum absolute atomic E-state index is 0. The van der Waals surface area contributed by atoms with E-state index in [1.165, 1.54) is 62.2 Å². The maximum absolute atomic E-state index is 10.3. The SMILES string of the molecule is CC=O.CCC1=C(C=O)C=CC1.CCC1=C(C=O)C=CC1.CCC1=C(OC)C=CC1.CCC1=CC=CC1.CCC1=CC=CC1.CCC1=CC=CC1.COC.COC.[Ar].[Ar].[Ar].[Ar]. The van der Waals surface area contributed by atoms with Crippen LogP contribution < -0.4 is 0 Å². The summed E-state index contributed by atoms with van der Waals surface area (Å²) >= 11 is 0. The summed E-state index contributed by atoms with van der Waals surface area (Å²) in [5, 5.41) is 0. The summed E-state index contributed by atoms with van der Waals surface area (Å²) in [5.41, 5.74) is 10.4. The molecule has 0 spiro atoms. The fourth-order valence-electron chi connectivity index (χ4n) is 5.39. The van der Waals surface area contributed by atoms with Gasteiger partial charge in [0.05, 0.1) is 7.11 Å². The quantitative estimate of drug-likeness (QED) is 0.214. The predicted octanol–water partition coefficient (Wildman–Crippen LogP) is 13.5. The van der Waals surface area contributed by atoms with Crippen LogP contribution in [0.5, 0.6) is 0 Å². The molecule has 0 saturated heterocycles. The molecule has 350 valence electrons. The minimum Gasteiger partial charge on any atom is -0.497 e. The smallest absolute Gasteiger partial charge is 0.150 e. The first kappa shape index (κ1) is 75.9. The van der Waals surface area contributed by atoms with Crippen LogP contribution >= 0.6 is 0 Å². The molecule has 0 aromatic rings. The van der Waals surface area contributed by atoms with Gasteiger partial charge in [-0.1, -0.05) is 154 Å². The van der Waals surface area contributed by atoms with Gasteiger partial charge in [-0.25, -0.2) is 0 Å². The van der Waals surface area contributed by atoms with Crippen molar-refractivity contribution in [2.24, 2.45) is 0 Å². The number of rotatable bonds is 9. The Morgan fingerprint density at radius 1 is 0.443 bits per heavy atom. The molecule has 0 bridgehead atoms. The number of hydrogen-bond donors (Lipinski definition) is 0. The van der Waals surface area contributed by atoms with Gasteiger partial charge in [-0.05, 0) is 95.6 Å². The van der Waals surface area contributed by atoms with E-state index in [4.69, 9.17) is 9.53 Å². The molecule has 0 unspecified atom stereocenters. The van der Waals surface area contributed by atoms with Crippen LogP contribution in [0.4, 0.5) is 0 Å². The van der Waals surface area contributed by atoms with Crippen molar-refractivity contribution in [3.05, 3.63) is 141 Å². The number of aldehydes is 3. The number of carbonyl (C=O) groups excluding carboxylic acids is 3. The molecule has 6 aliphatic carbocycles. The van der Waals surface area contributed by atoms with Crippen molar-refractivity contribution < 1.29 is 180 Å². The summed E-state index contributed by atoms with van der Waals surface area (Å²) in [6.45, 7) is 14.3. The molecule has 6 aliphatic rings. The van der Waals surface area contributed by atoms with Gasteiger partial charge in [0.1, 0.15) is 24.6 Å². The Morgan fingerprint density at radius 2 is 0.721 bits per heavy atom. The number of allylic oxidation sites excluding steroid dienone is 23. The summed E-state index contributed by atoms with van der Waals surface area (Å²) in [6, 6.07) is 0. The topological polar surface area (TPSA) is 78.9 Å². The molecule has 0 aromatic carbocycles. The standard InChI is InChI=1S/C8H12O.2C8H10O.3C7H10.2C2H6O.C2H4O.4Ar/c1-3-7-5-4-6-8(7)9-2;2*1-2-7-4-3-5-8(7)6-9;3*1-2-7-5-3-4-6-7;2*1-3-2;1-2-3;;;;/h4,6H,3,5H2,1-2H3;2*3,5-6H,2,4H2,1H3;3*3-5H,2,6H2,1H3;2*1-2H3;2H,1H3;;;;. The first-order chi connectivity index (χ1) is 27.7. The Morgan fingerprint density at radius 3 is 0.885 bits per heavy atom. The van der Waals surface area contributed by atoms with Crippen molar-refractivity contribution in [1.29, 1.82) is 0 Å². The van der Waals surface area contributed by atoms with E-state index in [9.17, 15) is 9.59 Å². The van der Waals surface area contributed by atoms with Crippen molar-refractivity contribution in [1.82, 2.24) is 0 Å². The van der Waals surface area contributed by atoms with Crippen molar-refractivity contribution in [3.8, 4) is 0 Å². The zero-order valence-corrected chi connectivity index (χ0v) is 42.1. The molecule has 0 aliphatic heterocycles. The van der Waals surface area contributed by atoms with E-state index in [-0.39, 0.29) is 151 Å². The zero-order valence-electron chi connectivity index (χ0n) is 39.2. The molecule has 0 aromatic heterocycles. The van der Waals surface area contributed by atoms with Crippen LogP contribution in [-0.2, 0) is 28.6 Å². The summed E-state index contributed by atoms with van der Waals surface area (Å²) in [5.74, 6) is 1.07. The van der Waals surface area contributed by atoms with Crippen LogP contribution in [0.2, 0.25) is 0 Å². The summed E-state index contributed by atoms with van der Waals surface area (Å²) in [6.07, 6.45) is 47.5. The average molecular weight is 947 g/mol. The minimum atomic E-state index is 0. The summed E-state index contributed by atoms with van der Waals surface area (Å²) in [7, 11) is 8.22.